The molecule has 0 atom stereocenters. The first-order chi connectivity index (χ1) is 65.6. The summed E-state index contributed by atoms with van der Waals surface area (Å²) in [5, 5.41) is 29.9. The van der Waals surface area contributed by atoms with Crippen LogP contribution in [0.2, 0.25) is 0 Å². The van der Waals surface area contributed by atoms with Crippen LogP contribution in [0.5, 0.6) is 0 Å². The van der Waals surface area contributed by atoms with Gasteiger partial charge in [0.1, 0.15) is 33.5 Å². The van der Waals surface area contributed by atoms with E-state index in [1.165, 1.54) is 85.1 Å². The molecular formula is C120H87B2Br2IN2O7. The van der Waals surface area contributed by atoms with Crippen molar-refractivity contribution in [1.82, 2.24) is 9.13 Å². The average molecular weight is 1980 g/mol. The van der Waals surface area contributed by atoms with Gasteiger partial charge in [0.2, 0.25) is 0 Å². The zero-order valence-electron chi connectivity index (χ0n) is 73.8. The van der Waals surface area contributed by atoms with Gasteiger partial charge in [-0.15, -0.1) is 0 Å². The molecule has 0 saturated carbocycles. The molecular weight excluding hydrogens is 1890 g/mol. The Bertz CT molecular complexity index is 8270. The molecule has 1 aliphatic rings. The van der Waals surface area contributed by atoms with Gasteiger partial charge in [-0.3, -0.25) is 0 Å². The van der Waals surface area contributed by atoms with Gasteiger partial charge in [0.15, 0.2) is 0 Å². The molecule has 134 heavy (non-hydrogen) atoms. The Morgan fingerprint density at radius 3 is 0.978 bits per heavy atom. The highest BCUT2D eigenvalue weighted by Crippen LogP contribution is 2.47. The number of nitrogens with zero attached hydrogens (tertiary/aromatic N) is 2. The second-order valence-electron chi connectivity index (χ2n) is 34.4. The van der Waals surface area contributed by atoms with Crippen LogP contribution in [0.4, 0.5) is 0 Å². The minimum absolute atomic E-state index is 0.397. The summed E-state index contributed by atoms with van der Waals surface area (Å²) in [6, 6.07) is 154. The standard InChI is InChI=1S/C48H31NO.C36H32BNO2.C18H11BrO.C12H9BO3.C6H4BrI/c1-3-14-32(15-4-1)34-26-28-45-42(30-34)43-31-35(33-16-5-2-6-17-33)27-29-46(43)49(45)44-24-11-9-20-38(44)36-18-7-8-19-37(36)40-22-13-23-41-39-21-10-12-25-47(39)50-48(40)41;1-35(2)36(3,4)40-37(39-35)31-17-11-12-18-34(31)38-32-21-19-27(25-13-7-5-8-14-25)23-29(32)30-24-28(20-22-33(30)38)26-15-9-6-10-16-26;19-16-10-3-1-6-12(16)14-8-5-9-15-13-7-2-4-11-17(13)20-18(14)15;14-13(15)10-6-3-5-9-8-4-1-2-7-11(8)16-12(9)10;7-5-3-1-2-4-6(5)8/h1-31H;5-24H,1-4H3;1-11H;1-7,14-15H;1-4H. The summed E-state index contributed by atoms with van der Waals surface area (Å²) in [7, 11) is -1.97. The number of hydrogen-bond acceptors (Lipinski definition) is 7. The molecule has 2 N–H and O–H groups in total. The molecule has 0 aliphatic carbocycles. The number of fused-ring (bicyclic) bond motifs is 15. The lowest BCUT2D eigenvalue weighted by Crippen LogP contribution is -2.41. The van der Waals surface area contributed by atoms with E-state index in [4.69, 9.17) is 22.6 Å². The van der Waals surface area contributed by atoms with Crippen molar-refractivity contribution < 1.29 is 32.6 Å². The first-order valence-corrected chi connectivity index (χ1v) is 47.5. The van der Waals surface area contributed by atoms with Crippen molar-refractivity contribution in [1.29, 1.82) is 0 Å². The van der Waals surface area contributed by atoms with Gasteiger partial charge in [0.25, 0.3) is 0 Å². The molecule has 14 heteroatoms. The summed E-state index contributed by atoms with van der Waals surface area (Å²) in [5.41, 5.74) is 28.9. The third-order valence-electron chi connectivity index (χ3n) is 25.8. The van der Waals surface area contributed by atoms with Crippen LogP contribution in [0.3, 0.4) is 0 Å². The van der Waals surface area contributed by atoms with Crippen molar-refractivity contribution in [3.8, 4) is 89.3 Å². The topological polar surface area (TPSA) is 108 Å². The van der Waals surface area contributed by atoms with Crippen LogP contribution < -0.4 is 10.9 Å². The maximum atomic E-state index is 9.24. The number of para-hydroxylation sites is 8. The highest BCUT2D eigenvalue weighted by Gasteiger charge is 2.52. The summed E-state index contributed by atoms with van der Waals surface area (Å²) >= 11 is 9.29. The lowest BCUT2D eigenvalue weighted by atomic mass is 9.77. The fourth-order valence-electron chi connectivity index (χ4n) is 18.5. The third kappa shape index (κ3) is 16.6. The maximum Gasteiger partial charge on any atom is 0.496 e. The van der Waals surface area contributed by atoms with Crippen LogP contribution >= 0.6 is 54.5 Å². The molecule has 1 saturated heterocycles. The van der Waals surface area contributed by atoms with E-state index >= 15 is 0 Å². The summed E-state index contributed by atoms with van der Waals surface area (Å²) in [4.78, 5) is 0. The van der Waals surface area contributed by atoms with Gasteiger partial charge in [-0.05, 0) is 224 Å². The Morgan fingerprint density at radius 1 is 0.261 bits per heavy atom. The van der Waals surface area contributed by atoms with Gasteiger partial charge in [0.05, 0.1) is 39.0 Å². The van der Waals surface area contributed by atoms with Crippen molar-refractivity contribution in [2.75, 3.05) is 0 Å². The van der Waals surface area contributed by atoms with Crippen molar-refractivity contribution in [2.24, 2.45) is 0 Å². The van der Waals surface area contributed by atoms with E-state index in [0.29, 0.717) is 11.0 Å². The van der Waals surface area contributed by atoms with Crippen LogP contribution in [0.25, 0.3) is 199 Å². The fourth-order valence-corrected chi connectivity index (χ4v) is 19.7. The van der Waals surface area contributed by atoms with Gasteiger partial charge in [-0.1, -0.05) is 362 Å². The first-order valence-electron chi connectivity index (χ1n) is 44.8. The van der Waals surface area contributed by atoms with E-state index in [1.54, 1.807) is 12.1 Å². The molecule has 0 bridgehead atoms. The Labute approximate surface area is 807 Å². The number of hydrogen-bond donors (Lipinski definition) is 2. The highest BCUT2D eigenvalue weighted by molar-refractivity contribution is 14.1. The monoisotopic (exact) mass is 1970 g/mol. The predicted octanol–water partition coefficient (Wildman–Crippen LogP) is 32.1. The summed E-state index contributed by atoms with van der Waals surface area (Å²) in [6.07, 6.45) is 0. The van der Waals surface area contributed by atoms with Crippen LogP contribution in [-0.2, 0) is 9.31 Å². The highest BCUT2D eigenvalue weighted by atomic mass is 127. The van der Waals surface area contributed by atoms with Gasteiger partial charge >= 0.3 is 14.2 Å². The van der Waals surface area contributed by atoms with Gasteiger partial charge < -0.3 is 41.7 Å². The van der Waals surface area contributed by atoms with Crippen molar-refractivity contribution in [2.45, 2.75) is 38.9 Å². The van der Waals surface area contributed by atoms with Crippen molar-refractivity contribution in [3.05, 3.63) is 455 Å². The maximum absolute atomic E-state index is 9.24. The van der Waals surface area contributed by atoms with Gasteiger partial charge in [-0.25, -0.2) is 0 Å². The normalized spacial score (nSPS) is 12.7. The predicted molar refractivity (Wildman–Crippen MR) is 574 cm³/mol. The van der Waals surface area contributed by atoms with E-state index in [1.807, 2.05) is 84.9 Å². The van der Waals surface area contributed by atoms with Gasteiger partial charge in [-0.2, -0.15) is 0 Å². The smallest absolute Gasteiger partial charge is 0.456 e. The third-order valence-corrected chi connectivity index (χ3v) is 28.9. The molecule has 5 aromatic heterocycles. The Hall–Kier alpha value is -14.2. The molecule has 0 spiro atoms. The molecule has 646 valence electrons. The SMILES string of the molecule is Brc1ccccc1-c1cccc2c1oc1ccccc12.Brc1ccccc1I.CC1(C)OB(c2ccccc2-n2c3ccc(-c4ccccc4)cc3c3cc(-c4ccccc4)ccc32)OC1(C)C.OB(O)c1cccc2c1oc1ccccc12.c1ccc(-c2ccc3c(c2)c2cc(-c4ccccc4)ccc2n3-c2ccccc2-c2ccccc2-c2cccc3c2oc2ccccc23)cc1. The van der Waals surface area contributed by atoms with E-state index in [-0.39, 0.29) is 0 Å². The summed E-state index contributed by atoms with van der Waals surface area (Å²) < 4.78 is 39.6. The largest absolute Gasteiger partial charge is 0.496 e. The Morgan fingerprint density at radius 2 is 0.567 bits per heavy atom. The molecule has 0 radical (unpaired) electrons. The minimum Gasteiger partial charge on any atom is -0.456 e. The lowest BCUT2D eigenvalue weighted by Gasteiger charge is -2.32. The molecule has 1 aliphatic heterocycles. The van der Waals surface area contributed by atoms with E-state index in [2.05, 4.69) is 437 Å². The molecule has 25 rings (SSSR count). The zero-order chi connectivity index (χ0) is 91.1. The van der Waals surface area contributed by atoms with Crippen LogP contribution in [-0.4, -0.2) is 44.6 Å². The van der Waals surface area contributed by atoms with E-state index < -0.39 is 25.4 Å². The Balaban J connectivity index is 0.000000113. The molecule has 9 nitrogen and oxygen atoms in total. The van der Waals surface area contributed by atoms with Crippen molar-refractivity contribution >= 4 is 189 Å². The van der Waals surface area contributed by atoms with Gasteiger partial charge in [0, 0.05) is 99.7 Å². The summed E-state index contributed by atoms with van der Waals surface area (Å²) in [6.45, 7) is 8.41. The number of furan rings is 3. The minimum atomic E-state index is -1.51. The quantitative estimate of drug-likeness (QED) is 0.0981. The average Bonchev–Trinajstić information content (AvgIpc) is 1.57. The summed E-state index contributed by atoms with van der Waals surface area (Å²) in [5.74, 6) is 0. The molecule has 0 amide bonds. The molecule has 0 unspecified atom stereocenters. The lowest BCUT2D eigenvalue weighted by molar-refractivity contribution is 0.00578. The van der Waals surface area contributed by atoms with E-state index in [0.717, 1.165) is 126 Å². The van der Waals surface area contributed by atoms with Crippen LogP contribution in [0, 0.1) is 3.57 Å². The number of rotatable bonds is 11. The second kappa shape index (κ2) is 37.1. The molecule has 6 heterocycles. The molecule has 24 aromatic rings. The second-order valence-corrected chi connectivity index (χ2v) is 37.3. The molecule has 19 aromatic carbocycles. The Kier molecular flexibility index (Phi) is 24.0. The fraction of sp³-hybridized carbons (Fsp3) is 0.0500. The number of halogens is 3. The zero-order valence-corrected chi connectivity index (χ0v) is 79.1. The first kappa shape index (κ1) is 86.5. The number of benzene rings is 19. The molecule has 1 fully saturated rings. The van der Waals surface area contributed by atoms with Crippen molar-refractivity contribution in [3.63, 3.8) is 0 Å². The number of aromatic nitrogens is 2. The van der Waals surface area contributed by atoms with Crippen LogP contribution in [0.15, 0.2) is 465 Å². The van der Waals surface area contributed by atoms with Crippen LogP contribution in [0.1, 0.15) is 27.7 Å². The van der Waals surface area contributed by atoms with E-state index in [9.17, 15) is 10.0 Å².